The van der Waals surface area contributed by atoms with Gasteiger partial charge in [-0.25, -0.2) is 4.79 Å². The Balaban J connectivity index is 1.85. The summed E-state index contributed by atoms with van der Waals surface area (Å²) >= 11 is 0. The average molecular weight is 363 g/mol. The lowest BCUT2D eigenvalue weighted by atomic mass is 9.86. The lowest BCUT2D eigenvalue weighted by Crippen LogP contribution is -2.38. The van der Waals surface area contributed by atoms with Gasteiger partial charge in [0.05, 0.1) is 4.92 Å². The Morgan fingerprint density at radius 3 is 1.81 bits per heavy atom. The number of hydrogen-bond acceptors (Lipinski definition) is 5. The lowest BCUT2D eigenvalue weighted by molar-refractivity contribution is -0.384. The third-order valence-electron chi connectivity index (χ3n) is 4.20. The fourth-order valence-corrected chi connectivity index (χ4v) is 2.73. The number of nitrogens with zero attached hydrogens (tertiary/aromatic N) is 1. The van der Waals surface area contributed by atoms with Crippen LogP contribution < -0.4 is 0 Å². The minimum Gasteiger partial charge on any atom is -0.458 e. The smallest absolute Gasteiger partial charge is 0.348 e. The molecule has 0 atom stereocenters. The quantitative estimate of drug-likeness (QED) is 0.411. The molecule has 0 radical (unpaired) electrons. The second kappa shape index (κ2) is 7.80. The van der Waals surface area contributed by atoms with Gasteiger partial charge in [-0.15, -0.1) is 0 Å². The first-order valence-corrected chi connectivity index (χ1v) is 8.26. The van der Waals surface area contributed by atoms with Crippen molar-refractivity contribution in [1.82, 2.24) is 0 Å². The summed E-state index contributed by atoms with van der Waals surface area (Å²) in [5.41, 5.74) is -0.633. The fourth-order valence-electron chi connectivity index (χ4n) is 2.73. The van der Waals surface area contributed by atoms with E-state index >= 15 is 0 Å². The fraction of sp³-hybridized carbons (Fsp3) is 0.0952. The number of esters is 1. The number of carbonyl (C=O) groups is 1. The molecule has 3 aromatic rings. The van der Waals surface area contributed by atoms with Crippen molar-refractivity contribution >= 4 is 11.7 Å². The molecule has 6 heteroatoms. The largest absolute Gasteiger partial charge is 0.458 e. The van der Waals surface area contributed by atoms with Crippen molar-refractivity contribution in [3.63, 3.8) is 0 Å². The van der Waals surface area contributed by atoms with Crippen LogP contribution in [0.1, 0.15) is 16.7 Å². The van der Waals surface area contributed by atoms with E-state index in [1.165, 1.54) is 24.3 Å². The van der Waals surface area contributed by atoms with Crippen LogP contribution in [0, 0.1) is 10.1 Å². The van der Waals surface area contributed by atoms with E-state index < -0.39 is 16.5 Å². The number of hydrogen-bond donors (Lipinski definition) is 1. The summed E-state index contributed by atoms with van der Waals surface area (Å²) < 4.78 is 5.34. The summed E-state index contributed by atoms with van der Waals surface area (Å²) in [5.74, 6) is -0.821. The van der Waals surface area contributed by atoms with Crippen molar-refractivity contribution in [3.05, 3.63) is 112 Å². The second-order valence-electron chi connectivity index (χ2n) is 5.94. The van der Waals surface area contributed by atoms with Gasteiger partial charge in [0.2, 0.25) is 5.60 Å². The number of carbonyl (C=O) groups excluding carboxylic acids is 1. The van der Waals surface area contributed by atoms with Gasteiger partial charge in [0, 0.05) is 12.1 Å². The molecule has 27 heavy (non-hydrogen) atoms. The summed E-state index contributed by atoms with van der Waals surface area (Å²) in [7, 11) is 0. The number of nitro benzene ring substituents is 1. The molecule has 0 amide bonds. The standard InChI is InChI=1S/C21H17NO5/c23-20(27-15-16-11-13-19(14-12-16)22(25)26)21(24,17-7-3-1-4-8-17)18-9-5-2-6-10-18/h1-14,24H,15H2. The van der Waals surface area contributed by atoms with Crippen molar-refractivity contribution in [1.29, 1.82) is 0 Å². The molecule has 3 rings (SSSR count). The molecule has 6 nitrogen and oxygen atoms in total. The molecule has 0 aliphatic carbocycles. The minimum atomic E-state index is -1.96. The normalized spacial score (nSPS) is 11.0. The van der Waals surface area contributed by atoms with Crippen LogP contribution in [0.2, 0.25) is 0 Å². The summed E-state index contributed by atoms with van der Waals surface area (Å²) in [4.78, 5) is 23.0. The Morgan fingerprint density at radius 1 is 0.889 bits per heavy atom. The highest BCUT2D eigenvalue weighted by Gasteiger charge is 2.41. The van der Waals surface area contributed by atoms with Crippen LogP contribution in [0.15, 0.2) is 84.9 Å². The number of aliphatic hydroxyl groups is 1. The monoisotopic (exact) mass is 363 g/mol. The van der Waals surface area contributed by atoms with E-state index in [1.54, 1.807) is 60.7 Å². The molecule has 0 aliphatic rings. The van der Waals surface area contributed by atoms with E-state index in [0.29, 0.717) is 16.7 Å². The Kier molecular flexibility index (Phi) is 5.28. The van der Waals surface area contributed by atoms with Gasteiger partial charge >= 0.3 is 5.97 Å². The van der Waals surface area contributed by atoms with Crippen molar-refractivity contribution in [3.8, 4) is 0 Å². The second-order valence-corrected chi connectivity index (χ2v) is 5.94. The maximum Gasteiger partial charge on any atom is 0.348 e. The van der Waals surface area contributed by atoms with E-state index in [2.05, 4.69) is 0 Å². The van der Waals surface area contributed by atoms with Crippen molar-refractivity contribution in [2.45, 2.75) is 12.2 Å². The first-order chi connectivity index (χ1) is 13.0. The third kappa shape index (κ3) is 3.86. The SMILES string of the molecule is O=C(OCc1ccc([N+](=O)[O-])cc1)C(O)(c1ccccc1)c1ccccc1. The number of benzene rings is 3. The van der Waals surface area contributed by atoms with Gasteiger partial charge < -0.3 is 9.84 Å². The van der Waals surface area contributed by atoms with Crippen LogP contribution in [0.25, 0.3) is 0 Å². The Bertz CT molecular complexity index is 884. The van der Waals surface area contributed by atoms with Gasteiger partial charge in [0.15, 0.2) is 0 Å². The lowest BCUT2D eigenvalue weighted by Gasteiger charge is -2.27. The maximum absolute atomic E-state index is 12.8. The van der Waals surface area contributed by atoms with Gasteiger partial charge in [-0.1, -0.05) is 60.7 Å². The highest BCUT2D eigenvalue weighted by Crippen LogP contribution is 2.31. The number of nitro groups is 1. The molecule has 0 saturated carbocycles. The van der Waals surface area contributed by atoms with Gasteiger partial charge in [0.25, 0.3) is 5.69 Å². The van der Waals surface area contributed by atoms with E-state index in [-0.39, 0.29) is 12.3 Å². The van der Waals surface area contributed by atoms with Crippen molar-refractivity contribution < 1.29 is 19.6 Å². The van der Waals surface area contributed by atoms with Gasteiger partial charge in [-0.2, -0.15) is 0 Å². The molecule has 3 aromatic carbocycles. The molecule has 0 saturated heterocycles. The molecule has 0 unspecified atom stereocenters. The molecule has 0 spiro atoms. The summed E-state index contributed by atoms with van der Waals surface area (Å²) in [6.45, 7) is -0.112. The van der Waals surface area contributed by atoms with E-state index in [4.69, 9.17) is 4.74 Å². The maximum atomic E-state index is 12.8. The van der Waals surface area contributed by atoms with Crippen LogP contribution in [-0.2, 0) is 21.7 Å². The van der Waals surface area contributed by atoms with Crippen molar-refractivity contribution in [2.75, 3.05) is 0 Å². The zero-order chi connectivity index (χ0) is 19.3. The molecular weight excluding hydrogens is 346 g/mol. The Labute approximate surface area is 155 Å². The van der Waals surface area contributed by atoms with Gasteiger partial charge in [-0.3, -0.25) is 10.1 Å². The molecule has 0 aliphatic heterocycles. The first kappa shape index (κ1) is 18.3. The highest BCUT2D eigenvalue weighted by atomic mass is 16.6. The number of rotatable bonds is 6. The summed E-state index contributed by atoms with van der Waals surface area (Å²) in [6, 6.07) is 22.8. The molecule has 136 valence electrons. The topological polar surface area (TPSA) is 89.7 Å². The van der Waals surface area contributed by atoms with Crippen LogP contribution in [0.5, 0.6) is 0 Å². The van der Waals surface area contributed by atoms with Crippen LogP contribution >= 0.6 is 0 Å². The molecule has 0 aromatic heterocycles. The molecule has 1 N–H and O–H groups in total. The molecular formula is C21H17NO5. The van der Waals surface area contributed by atoms with Crippen LogP contribution in [0.3, 0.4) is 0 Å². The van der Waals surface area contributed by atoms with E-state index in [0.717, 1.165) is 0 Å². The molecule has 0 bridgehead atoms. The first-order valence-electron chi connectivity index (χ1n) is 8.26. The predicted octanol–water partition coefficient (Wildman–Crippen LogP) is 3.57. The highest BCUT2D eigenvalue weighted by molar-refractivity contribution is 5.85. The zero-order valence-corrected chi connectivity index (χ0v) is 14.3. The van der Waals surface area contributed by atoms with Crippen LogP contribution in [-0.4, -0.2) is 16.0 Å². The van der Waals surface area contributed by atoms with Gasteiger partial charge in [0.1, 0.15) is 6.61 Å². The summed E-state index contributed by atoms with van der Waals surface area (Å²) in [5, 5.41) is 22.0. The van der Waals surface area contributed by atoms with Gasteiger partial charge in [-0.05, 0) is 28.8 Å². The Morgan fingerprint density at radius 2 is 1.37 bits per heavy atom. The number of ether oxygens (including phenoxy) is 1. The Hall–Kier alpha value is -3.51. The number of non-ortho nitro benzene ring substituents is 1. The molecule has 0 heterocycles. The average Bonchev–Trinajstić information content (AvgIpc) is 2.73. The van der Waals surface area contributed by atoms with Crippen LogP contribution in [0.4, 0.5) is 5.69 Å². The molecule has 0 fully saturated rings. The summed E-state index contributed by atoms with van der Waals surface area (Å²) in [6.07, 6.45) is 0. The minimum absolute atomic E-state index is 0.0462. The predicted molar refractivity (Wildman–Crippen MR) is 98.8 cm³/mol. The zero-order valence-electron chi connectivity index (χ0n) is 14.3. The van der Waals surface area contributed by atoms with E-state index in [1.807, 2.05) is 0 Å². The van der Waals surface area contributed by atoms with E-state index in [9.17, 15) is 20.0 Å². The van der Waals surface area contributed by atoms with Crippen molar-refractivity contribution in [2.24, 2.45) is 0 Å². The third-order valence-corrected chi connectivity index (χ3v) is 4.20.